The quantitative estimate of drug-likeness (QED) is 0.818. The number of esters is 1. The molecule has 1 aliphatic carbocycles. The van der Waals surface area contributed by atoms with E-state index in [4.69, 9.17) is 4.74 Å². The van der Waals surface area contributed by atoms with Gasteiger partial charge in [-0.3, -0.25) is 4.79 Å². The summed E-state index contributed by atoms with van der Waals surface area (Å²) in [6, 6.07) is 6.94. The van der Waals surface area contributed by atoms with Gasteiger partial charge in [0.25, 0.3) is 0 Å². The zero-order valence-corrected chi connectivity index (χ0v) is 13.1. The van der Waals surface area contributed by atoms with Gasteiger partial charge in [0.2, 0.25) is 5.91 Å². The predicted molar refractivity (Wildman–Crippen MR) is 85.7 cm³/mol. The van der Waals surface area contributed by atoms with Gasteiger partial charge in [0, 0.05) is 5.25 Å². The molecule has 1 aromatic rings. The van der Waals surface area contributed by atoms with Crippen LogP contribution in [0.4, 0.5) is 5.69 Å². The molecule has 0 unspecified atom stereocenters. The Labute approximate surface area is 129 Å². The lowest BCUT2D eigenvalue weighted by Crippen LogP contribution is -2.18. The molecular formula is C16H21NO3S. The maximum atomic E-state index is 12.0. The van der Waals surface area contributed by atoms with Crippen molar-refractivity contribution in [1.82, 2.24) is 0 Å². The van der Waals surface area contributed by atoms with Gasteiger partial charge >= 0.3 is 5.97 Å². The molecule has 1 N–H and O–H groups in total. The van der Waals surface area contributed by atoms with E-state index in [1.54, 1.807) is 43.0 Å². The molecule has 0 radical (unpaired) electrons. The Morgan fingerprint density at radius 3 is 2.71 bits per heavy atom. The average molecular weight is 307 g/mol. The Morgan fingerprint density at radius 1 is 1.29 bits per heavy atom. The number of carbonyl (C=O) groups excluding carboxylic acids is 2. The number of nitrogens with one attached hydrogen (secondary N) is 1. The van der Waals surface area contributed by atoms with Gasteiger partial charge in [-0.1, -0.05) is 25.0 Å². The fraction of sp³-hybridized carbons (Fsp3) is 0.500. The number of rotatable bonds is 6. The zero-order valence-electron chi connectivity index (χ0n) is 12.3. The summed E-state index contributed by atoms with van der Waals surface area (Å²) >= 11 is 1.71. The number of hydrogen-bond acceptors (Lipinski definition) is 4. The molecule has 1 aromatic carbocycles. The first-order chi connectivity index (χ1) is 10.2. The fourth-order valence-corrected chi connectivity index (χ4v) is 3.54. The van der Waals surface area contributed by atoms with Gasteiger partial charge in [0.15, 0.2) is 0 Å². The number of carbonyl (C=O) groups is 2. The van der Waals surface area contributed by atoms with Crippen LogP contribution in [0.2, 0.25) is 0 Å². The maximum Gasteiger partial charge on any atom is 0.340 e. The van der Waals surface area contributed by atoms with Crippen LogP contribution in [-0.4, -0.2) is 29.5 Å². The molecule has 1 fully saturated rings. The van der Waals surface area contributed by atoms with E-state index in [0.29, 0.717) is 28.9 Å². The van der Waals surface area contributed by atoms with E-state index in [9.17, 15) is 9.59 Å². The molecule has 0 spiro atoms. The lowest BCUT2D eigenvalue weighted by Gasteiger charge is -2.11. The molecule has 0 heterocycles. The molecule has 4 nitrogen and oxygen atoms in total. The van der Waals surface area contributed by atoms with Gasteiger partial charge in [-0.25, -0.2) is 4.79 Å². The second-order valence-corrected chi connectivity index (χ2v) is 6.32. The highest BCUT2D eigenvalue weighted by atomic mass is 32.2. The number of para-hydroxylation sites is 1. The molecule has 0 aromatic heterocycles. The Hall–Kier alpha value is -1.49. The third-order valence-corrected chi connectivity index (χ3v) is 4.82. The molecule has 21 heavy (non-hydrogen) atoms. The number of ether oxygens (including phenoxy) is 1. The second-order valence-electron chi connectivity index (χ2n) is 5.03. The van der Waals surface area contributed by atoms with Crippen molar-refractivity contribution in [2.75, 3.05) is 17.7 Å². The van der Waals surface area contributed by atoms with Crippen molar-refractivity contribution in [3.05, 3.63) is 29.8 Å². The van der Waals surface area contributed by atoms with Crippen molar-refractivity contribution in [3.63, 3.8) is 0 Å². The maximum absolute atomic E-state index is 12.0. The summed E-state index contributed by atoms with van der Waals surface area (Å²) in [6.07, 6.45) is 4.95. The van der Waals surface area contributed by atoms with Crippen molar-refractivity contribution in [1.29, 1.82) is 0 Å². The second kappa shape index (κ2) is 8.08. The van der Waals surface area contributed by atoms with Crippen molar-refractivity contribution >= 4 is 29.3 Å². The molecule has 1 amide bonds. The van der Waals surface area contributed by atoms with Crippen molar-refractivity contribution in [3.8, 4) is 0 Å². The molecule has 0 aliphatic heterocycles. The smallest absolute Gasteiger partial charge is 0.340 e. The largest absolute Gasteiger partial charge is 0.462 e. The van der Waals surface area contributed by atoms with Crippen molar-refractivity contribution < 1.29 is 14.3 Å². The first kappa shape index (κ1) is 15.9. The van der Waals surface area contributed by atoms with Crippen LogP contribution in [0.5, 0.6) is 0 Å². The topological polar surface area (TPSA) is 55.4 Å². The Bertz CT molecular complexity index is 498. The summed E-state index contributed by atoms with van der Waals surface area (Å²) in [5.74, 6) is -0.0394. The van der Waals surface area contributed by atoms with Crippen LogP contribution in [0.15, 0.2) is 24.3 Å². The van der Waals surface area contributed by atoms with Crippen LogP contribution >= 0.6 is 11.8 Å². The van der Waals surface area contributed by atoms with Gasteiger partial charge in [0.05, 0.1) is 23.6 Å². The minimum Gasteiger partial charge on any atom is -0.462 e. The number of anilines is 1. The van der Waals surface area contributed by atoms with E-state index in [-0.39, 0.29) is 5.91 Å². The SMILES string of the molecule is CCOC(=O)c1ccccc1NC(=O)CSC1CCCC1. The first-order valence-corrected chi connectivity index (χ1v) is 8.43. The highest BCUT2D eigenvalue weighted by Gasteiger charge is 2.18. The fourth-order valence-electron chi connectivity index (χ4n) is 2.41. The zero-order chi connectivity index (χ0) is 15.1. The van der Waals surface area contributed by atoms with E-state index in [2.05, 4.69) is 5.32 Å². The third-order valence-electron chi connectivity index (χ3n) is 3.45. The minimum atomic E-state index is -0.406. The minimum absolute atomic E-state index is 0.0661. The molecule has 114 valence electrons. The van der Waals surface area contributed by atoms with E-state index in [1.807, 2.05) is 0 Å². The van der Waals surface area contributed by atoms with Crippen molar-refractivity contribution in [2.24, 2.45) is 0 Å². The number of hydrogen-bond donors (Lipinski definition) is 1. The monoisotopic (exact) mass is 307 g/mol. The van der Waals surface area contributed by atoms with Gasteiger partial charge in [-0.15, -0.1) is 11.8 Å². The highest BCUT2D eigenvalue weighted by molar-refractivity contribution is 8.00. The Balaban J connectivity index is 1.91. The van der Waals surface area contributed by atoms with Crippen LogP contribution in [-0.2, 0) is 9.53 Å². The van der Waals surface area contributed by atoms with E-state index >= 15 is 0 Å². The van der Waals surface area contributed by atoms with Crippen LogP contribution in [0.3, 0.4) is 0 Å². The molecule has 1 saturated carbocycles. The molecule has 1 aliphatic rings. The molecule has 0 atom stereocenters. The van der Waals surface area contributed by atoms with E-state index in [1.165, 1.54) is 25.7 Å². The van der Waals surface area contributed by atoms with Crippen LogP contribution in [0.25, 0.3) is 0 Å². The lowest BCUT2D eigenvalue weighted by molar-refractivity contribution is -0.113. The predicted octanol–water partition coefficient (Wildman–Crippen LogP) is 3.48. The van der Waals surface area contributed by atoms with Gasteiger partial charge in [-0.05, 0) is 31.9 Å². The Morgan fingerprint density at radius 2 is 2.00 bits per heavy atom. The lowest BCUT2D eigenvalue weighted by atomic mass is 10.2. The molecule has 0 saturated heterocycles. The van der Waals surface area contributed by atoms with Crippen molar-refractivity contribution in [2.45, 2.75) is 37.9 Å². The third kappa shape index (κ3) is 4.77. The van der Waals surface area contributed by atoms with Crippen LogP contribution in [0.1, 0.15) is 43.0 Å². The Kier molecular flexibility index (Phi) is 6.11. The molecular weight excluding hydrogens is 286 g/mol. The molecule has 0 bridgehead atoms. The summed E-state index contributed by atoms with van der Waals surface area (Å²) in [7, 11) is 0. The van der Waals surface area contributed by atoms with Crippen LogP contribution < -0.4 is 5.32 Å². The normalized spacial score (nSPS) is 14.9. The van der Waals surface area contributed by atoms with Gasteiger partial charge < -0.3 is 10.1 Å². The molecule has 2 rings (SSSR count). The van der Waals surface area contributed by atoms with Crippen LogP contribution in [0, 0.1) is 0 Å². The number of benzene rings is 1. The standard InChI is InChI=1S/C16H21NO3S/c1-2-20-16(19)13-9-5-6-10-14(13)17-15(18)11-21-12-7-3-4-8-12/h5-6,9-10,12H,2-4,7-8,11H2,1H3,(H,17,18). The highest BCUT2D eigenvalue weighted by Crippen LogP contribution is 2.29. The first-order valence-electron chi connectivity index (χ1n) is 7.38. The molecule has 5 heteroatoms. The summed E-state index contributed by atoms with van der Waals surface area (Å²) in [5, 5.41) is 3.42. The average Bonchev–Trinajstić information content (AvgIpc) is 2.99. The summed E-state index contributed by atoms with van der Waals surface area (Å²) < 4.78 is 5.00. The van der Waals surface area contributed by atoms with E-state index < -0.39 is 5.97 Å². The van der Waals surface area contributed by atoms with Gasteiger partial charge in [-0.2, -0.15) is 0 Å². The summed E-state index contributed by atoms with van der Waals surface area (Å²) in [5.41, 5.74) is 0.923. The van der Waals surface area contributed by atoms with Gasteiger partial charge in [0.1, 0.15) is 0 Å². The summed E-state index contributed by atoms with van der Waals surface area (Å²) in [6.45, 7) is 2.08. The number of thioether (sulfide) groups is 1. The summed E-state index contributed by atoms with van der Waals surface area (Å²) in [4.78, 5) is 23.9. The van der Waals surface area contributed by atoms with E-state index in [0.717, 1.165) is 0 Å². The number of amides is 1.